The van der Waals surface area contributed by atoms with E-state index in [-0.39, 0.29) is 0 Å². The summed E-state index contributed by atoms with van der Waals surface area (Å²) in [6.07, 6.45) is -3.60. The van der Waals surface area contributed by atoms with Gasteiger partial charge in [0.2, 0.25) is 0 Å². The molecule has 0 aliphatic carbocycles. The van der Waals surface area contributed by atoms with Crippen LogP contribution in [0.4, 0.5) is 0 Å². The minimum atomic E-state index is -1.06. The summed E-state index contributed by atoms with van der Waals surface area (Å²) in [5.41, 5.74) is -1.01. The molecule has 0 saturated carbocycles. The quantitative estimate of drug-likeness (QED) is 0.432. The Balaban J connectivity index is 3.01. The number of hydrogen-bond acceptors (Lipinski definition) is 7. The van der Waals surface area contributed by atoms with E-state index in [9.17, 15) is 14.4 Å². The molecule has 1 aliphatic rings. The summed E-state index contributed by atoms with van der Waals surface area (Å²) in [6.45, 7) is 5.21. The monoisotopic (exact) mass is 308 g/mol. The van der Waals surface area contributed by atoms with Crippen LogP contribution in [-0.2, 0) is 33.3 Å². The fraction of sp³-hybridized carbons (Fsp3) is 0.750. The lowest BCUT2D eigenvalue weighted by atomic mass is 10.00. The van der Waals surface area contributed by atoms with Crippen LogP contribution in [0.5, 0.6) is 0 Å². The van der Waals surface area contributed by atoms with Crippen molar-refractivity contribution in [3.63, 3.8) is 0 Å². The van der Waals surface area contributed by atoms with E-state index >= 15 is 0 Å². The van der Waals surface area contributed by atoms with Crippen LogP contribution in [0.15, 0.2) is 0 Å². The Labute approximate surface area is 121 Å². The van der Waals surface area contributed by atoms with Crippen LogP contribution in [0, 0.1) is 0 Å². The Morgan fingerprint density at radius 2 is 1.25 bits per heavy atom. The molecule has 0 aromatic rings. The molecular formula is C12H17ClO7. The average molecular weight is 309 g/mol. The van der Waals surface area contributed by atoms with Crippen LogP contribution in [0.3, 0.4) is 0 Å². The average Bonchev–Trinajstić information content (AvgIpc) is 2.27. The number of hydrogen-bond donors (Lipinski definition) is 0. The van der Waals surface area contributed by atoms with E-state index < -0.39 is 47.9 Å². The van der Waals surface area contributed by atoms with Crippen LogP contribution in [-0.4, -0.2) is 47.9 Å². The SMILES string of the molecule is CC(=O)O[C@@H]1[C@H](OC(C)=O)[C@H](C)O[C@@H](Cl)[C@H]1OC(C)=O. The maximum absolute atomic E-state index is 11.2. The van der Waals surface area contributed by atoms with Crippen molar-refractivity contribution in [2.24, 2.45) is 0 Å². The van der Waals surface area contributed by atoms with Gasteiger partial charge in [-0.2, -0.15) is 0 Å². The molecule has 0 amide bonds. The fourth-order valence-electron chi connectivity index (χ4n) is 1.96. The van der Waals surface area contributed by atoms with Crippen LogP contribution in [0.25, 0.3) is 0 Å². The molecule has 1 aliphatic heterocycles. The van der Waals surface area contributed by atoms with E-state index in [0.717, 1.165) is 0 Å². The number of ether oxygens (including phenoxy) is 4. The molecule has 20 heavy (non-hydrogen) atoms. The summed E-state index contributed by atoms with van der Waals surface area (Å²) in [7, 11) is 0. The van der Waals surface area contributed by atoms with Crippen molar-refractivity contribution >= 4 is 29.5 Å². The zero-order valence-corrected chi connectivity index (χ0v) is 12.4. The van der Waals surface area contributed by atoms with Gasteiger partial charge in [-0.1, -0.05) is 11.6 Å². The number of esters is 3. The first-order valence-corrected chi connectivity index (χ1v) is 6.47. The van der Waals surface area contributed by atoms with Gasteiger partial charge in [-0.3, -0.25) is 14.4 Å². The summed E-state index contributed by atoms with van der Waals surface area (Å²) in [4.78, 5) is 33.5. The predicted molar refractivity (Wildman–Crippen MR) is 66.9 cm³/mol. The smallest absolute Gasteiger partial charge is 0.303 e. The Kier molecular flexibility index (Phi) is 5.76. The first-order valence-electron chi connectivity index (χ1n) is 6.03. The molecule has 1 saturated heterocycles. The van der Waals surface area contributed by atoms with Crippen molar-refractivity contribution in [1.29, 1.82) is 0 Å². The molecule has 5 atom stereocenters. The number of carbonyl (C=O) groups excluding carboxylic acids is 3. The molecule has 7 nitrogen and oxygen atoms in total. The predicted octanol–water partition coefficient (Wildman–Crippen LogP) is 0.765. The maximum atomic E-state index is 11.2. The zero-order valence-electron chi connectivity index (χ0n) is 11.6. The number of rotatable bonds is 3. The van der Waals surface area contributed by atoms with Gasteiger partial charge in [0.05, 0.1) is 6.10 Å². The first kappa shape index (κ1) is 16.7. The van der Waals surface area contributed by atoms with Crippen molar-refractivity contribution in [2.45, 2.75) is 57.7 Å². The Morgan fingerprint density at radius 1 is 0.850 bits per heavy atom. The van der Waals surface area contributed by atoms with Gasteiger partial charge in [-0.25, -0.2) is 0 Å². The third kappa shape index (κ3) is 4.35. The number of carbonyl (C=O) groups is 3. The van der Waals surface area contributed by atoms with Crippen LogP contribution >= 0.6 is 11.6 Å². The highest BCUT2D eigenvalue weighted by atomic mass is 35.5. The van der Waals surface area contributed by atoms with Gasteiger partial charge >= 0.3 is 17.9 Å². The molecular weight excluding hydrogens is 292 g/mol. The van der Waals surface area contributed by atoms with E-state index in [1.165, 1.54) is 20.8 Å². The van der Waals surface area contributed by atoms with E-state index in [1.807, 2.05) is 0 Å². The maximum Gasteiger partial charge on any atom is 0.303 e. The van der Waals surface area contributed by atoms with E-state index in [4.69, 9.17) is 30.5 Å². The lowest BCUT2D eigenvalue weighted by molar-refractivity contribution is -0.230. The topological polar surface area (TPSA) is 88.1 Å². The zero-order chi connectivity index (χ0) is 15.4. The standard InChI is InChI=1S/C12H17ClO7/c1-5-9(18-6(2)14)10(19-7(3)15)11(12(13)17-5)20-8(4)16/h5,9-12H,1-4H3/t5-,9+,10+,11-,12+/m0/s1. The van der Waals surface area contributed by atoms with Crippen molar-refractivity contribution in [3.8, 4) is 0 Å². The summed E-state index contributed by atoms with van der Waals surface area (Å²) in [6, 6.07) is 0. The second-order valence-electron chi connectivity index (χ2n) is 4.41. The van der Waals surface area contributed by atoms with Gasteiger partial charge in [-0.05, 0) is 6.92 Å². The van der Waals surface area contributed by atoms with Gasteiger partial charge < -0.3 is 18.9 Å². The van der Waals surface area contributed by atoms with Crippen LogP contribution in [0.1, 0.15) is 27.7 Å². The normalized spacial score (nSPS) is 33.1. The minimum absolute atomic E-state index is 0.572. The van der Waals surface area contributed by atoms with Gasteiger partial charge in [0.1, 0.15) is 0 Å². The van der Waals surface area contributed by atoms with E-state index in [1.54, 1.807) is 6.92 Å². The Hall–Kier alpha value is -1.34. The second kappa shape index (κ2) is 6.90. The molecule has 0 bridgehead atoms. The highest BCUT2D eigenvalue weighted by Crippen LogP contribution is 2.30. The molecule has 1 rings (SSSR count). The van der Waals surface area contributed by atoms with Crippen molar-refractivity contribution in [2.75, 3.05) is 0 Å². The molecule has 8 heteroatoms. The lowest BCUT2D eigenvalue weighted by Crippen LogP contribution is -2.59. The van der Waals surface area contributed by atoms with Crippen LogP contribution in [0.2, 0.25) is 0 Å². The summed E-state index contributed by atoms with van der Waals surface area (Å²) in [5, 5.41) is 0. The fourth-order valence-corrected chi connectivity index (χ4v) is 2.31. The molecule has 1 heterocycles. The van der Waals surface area contributed by atoms with Gasteiger partial charge in [0.25, 0.3) is 0 Å². The molecule has 0 spiro atoms. The van der Waals surface area contributed by atoms with Crippen molar-refractivity contribution in [1.82, 2.24) is 0 Å². The van der Waals surface area contributed by atoms with E-state index in [2.05, 4.69) is 0 Å². The second-order valence-corrected chi connectivity index (χ2v) is 4.84. The Bertz CT molecular complexity index is 369. The summed E-state index contributed by atoms with van der Waals surface area (Å²) < 4.78 is 20.5. The third-order valence-corrected chi connectivity index (χ3v) is 2.97. The molecule has 0 aromatic heterocycles. The van der Waals surface area contributed by atoms with E-state index in [0.29, 0.717) is 0 Å². The first-order chi connectivity index (χ1) is 9.22. The lowest BCUT2D eigenvalue weighted by Gasteiger charge is -2.41. The largest absolute Gasteiger partial charge is 0.456 e. The molecule has 0 N–H and O–H groups in total. The minimum Gasteiger partial charge on any atom is -0.456 e. The highest BCUT2D eigenvalue weighted by Gasteiger charge is 2.49. The van der Waals surface area contributed by atoms with Crippen molar-refractivity contribution < 1.29 is 33.3 Å². The summed E-state index contributed by atoms with van der Waals surface area (Å²) >= 11 is 5.97. The molecule has 0 radical (unpaired) electrons. The number of alkyl halides is 1. The van der Waals surface area contributed by atoms with Gasteiger partial charge in [-0.15, -0.1) is 0 Å². The number of halogens is 1. The third-order valence-electron chi connectivity index (χ3n) is 2.62. The molecule has 1 fully saturated rings. The van der Waals surface area contributed by atoms with Crippen molar-refractivity contribution in [3.05, 3.63) is 0 Å². The van der Waals surface area contributed by atoms with Gasteiger partial charge in [0, 0.05) is 20.8 Å². The summed E-state index contributed by atoms with van der Waals surface area (Å²) in [5.74, 6) is -1.79. The van der Waals surface area contributed by atoms with Crippen LogP contribution < -0.4 is 0 Å². The highest BCUT2D eigenvalue weighted by molar-refractivity contribution is 6.20. The molecule has 0 aromatic carbocycles. The molecule has 114 valence electrons. The molecule has 0 unspecified atom stereocenters. The van der Waals surface area contributed by atoms with Gasteiger partial charge in [0.15, 0.2) is 23.9 Å². The Morgan fingerprint density at radius 3 is 1.70 bits per heavy atom.